The molecule has 6 nitrogen and oxygen atoms in total. The predicted molar refractivity (Wildman–Crippen MR) is 60.7 cm³/mol. The number of ether oxygens (including phenoxy) is 1. The van der Waals surface area contributed by atoms with E-state index < -0.39 is 12.0 Å². The van der Waals surface area contributed by atoms with Crippen molar-refractivity contribution in [2.75, 3.05) is 6.61 Å². The van der Waals surface area contributed by atoms with Gasteiger partial charge in [0, 0.05) is 0 Å². The van der Waals surface area contributed by atoms with Crippen LogP contribution >= 0.6 is 0 Å². The van der Waals surface area contributed by atoms with Crippen LogP contribution in [0.4, 0.5) is 4.79 Å². The maximum absolute atomic E-state index is 11.4. The van der Waals surface area contributed by atoms with Gasteiger partial charge in [0.2, 0.25) is 0 Å². The molecule has 88 valence electrons. The van der Waals surface area contributed by atoms with Gasteiger partial charge in [0.15, 0.2) is 0 Å². The fourth-order valence-electron chi connectivity index (χ4n) is 0.727. The third-order valence-electron chi connectivity index (χ3n) is 1.40. The number of nitrogens with one attached hydrogen (secondary N) is 2. The van der Waals surface area contributed by atoms with E-state index in [4.69, 9.17) is 0 Å². The van der Waals surface area contributed by atoms with Crippen LogP contribution in [0.5, 0.6) is 0 Å². The quantitative estimate of drug-likeness (QED) is 0.323. The lowest BCUT2D eigenvalue weighted by Crippen LogP contribution is -2.42. The second-order valence-electron chi connectivity index (χ2n) is 2.54. The van der Waals surface area contributed by atoms with Crippen LogP contribution in [0.25, 0.3) is 0 Å². The number of carbonyl (C=O) groups excluding carboxylic acids is 2. The molecule has 0 unspecified atom stereocenters. The van der Waals surface area contributed by atoms with Crippen LogP contribution in [0.2, 0.25) is 0 Å². The van der Waals surface area contributed by atoms with Gasteiger partial charge in [-0.2, -0.15) is 0 Å². The maximum atomic E-state index is 11.4. The molecule has 0 aromatic carbocycles. The van der Waals surface area contributed by atoms with Gasteiger partial charge in [-0.1, -0.05) is 12.2 Å². The fraction of sp³-hybridized carbons (Fsp3) is 0.300. The number of nitrogens with zero attached hydrogens (tertiary/aromatic N) is 1. The molecule has 0 aromatic rings. The number of hydrogen-bond donors (Lipinski definition) is 2. The predicted octanol–water partition coefficient (Wildman–Crippen LogP) is 0.924. The summed E-state index contributed by atoms with van der Waals surface area (Å²) in [5.41, 5.74) is 4.28. The second-order valence-corrected chi connectivity index (χ2v) is 2.54. The largest absolute Gasteiger partial charge is 0.449 e. The molecule has 0 aromatic heterocycles. The summed E-state index contributed by atoms with van der Waals surface area (Å²) in [6, 6.07) is 0. The molecule has 0 bridgehead atoms. The van der Waals surface area contributed by atoms with Crippen molar-refractivity contribution in [3.8, 4) is 0 Å². The fourth-order valence-corrected chi connectivity index (χ4v) is 0.727. The molecular formula is C10H15N3O3. The molecule has 0 rings (SSSR count). The monoisotopic (exact) mass is 225 g/mol. The van der Waals surface area contributed by atoms with Gasteiger partial charge in [0.25, 0.3) is 5.91 Å². The van der Waals surface area contributed by atoms with Crippen LogP contribution in [-0.4, -0.2) is 25.3 Å². The van der Waals surface area contributed by atoms with E-state index in [0.717, 1.165) is 0 Å². The molecule has 16 heavy (non-hydrogen) atoms. The molecule has 0 heterocycles. The Hall–Kier alpha value is -2.11. The number of carbonyl (C=O) groups is 2. The van der Waals surface area contributed by atoms with Crippen LogP contribution in [0.1, 0.15) is 13.8 Å². The lowest BCUT2D eigenvalue weighted by atomic mass is 10.3. The van der Waals surface area contributed by atoms with Crippen molar-refractivity contribution in [1.29, 1.82) is 0 Å². The molecule has 0 atom stereocenters. The third-order valence-corrected chi connectivity index (χ3v) is 1.40. The van der Waals surface area contributed by atoms with Crippen molar-refractivity contribution < 1.29 is 14.3 Å². The average Bonchev–Trinajstić information content (AvgIpc) is 2.28. The zero-order chi connectivity index (χ0) is 12.4. The number of hydrogen-bond acceptors (Lipinski definition) is 4. The first-order valence-electron chi connectivity index (χ1n) is 4.68. The molecule has 0 radical (unpaired) electrons. The standard InChI is InChI=1S/C10H15N3O3/c1-4-6-7-8(11-3)9(14)12-13-10(15)16-5-2/h4,6-7H,3,5H2,1-2H3,(H,12,14)(H,13,15)/b6-4-,8-7-. The Bertz CT molecular complexity index is 321. The van der Waals surface area contributed by atoms with Gasteiger partial charge < -0.3 is 4.74 Å². The van der Waals surface area contributed by atoms with E-state index in [1.807, 2.05) is 0 Å². The van der Waals surface area contributed by atoms with E-state index >= 15 is 0 Å². The molecule has 0 saturated carbocycles. The lowest BCUT2D eigenvalue weighted by Gasteiger charge is -2.06. The van der Waals surface area contributed by atoms with Crippen molar-refractivity contribution in [1.82, 2.24) is 10.9 Å². The summed E-state index contributed by atoms with van der Waals surface area (Å²) in [5.74, 6) is -0.568. The third kappa shape index (κ3) is 5.58. The highest BCUT2D eigenvalue weighted by atomic mass is 16.5. The van der Waals surface area contributed by atoms with E-state index in [0.29, 0.717) is 0 Å². The summed E-state index contributed by atoms with van der Waals surface area (Å²) in [4.78, 5) is 25.7. The van der Waals surface area contributed by atoms with Crippen molar-refractivity contribution in [2.45, 2.75) is 13.8 Å². The molecule has 0 spiro atoms. The summed E-state index contributed by atoms with van der Waals surface area (Å²) in [6.45, 7) is 6.92. The van der Waals surface area contributed by atoms with Crippen LogP contribution in [0.3, 0.4) is 0 Å². The lowest BCUT2D eigenvalue weighted by molar-refractivity contribution is -0.118. The van der Waals surface area contributed by atoms with Gasteiger partial charge in [-0.3, -0.25) is 15.2 Å². The number of aliphatic imine (C=N–C) groups is 1. The molecular weight excluding hydrogens is 210 g/mol. The Morgan fingerprint density at radius 3 is 2.62 bits per heavy atom. The Labute approximate surface area is 94.0 Å². The Balaban J connectivity index is 4.23. The highest BCUT2D eigenvalue weighted by molar-refractivity contribution is 5.94. The molecule has 2 amide bonds. The SMILES string of the molecule is C=N/C(=C\C=C/C)C(=O)NNC(=O)OCC. The first-order chi connectivity index (χ1) is 7.65. The van der Waals surface area contributed by atoms with Crippen LogP contribution in [0.15, 0.2) is 28.9 Å². The molecule has 6 heteroatoms. The molecule has 0 aliphatic carbocycles. The van der Waals surface area contributed by atoms with E-state index in [9.17, 15) is 9.59 Å². The summed E-state index contributed by atoms with van der Waals surface area (Å²) >= 11 is 0. The van der Waals surface area contributed by atoms with Gasteiger partial charge in [0.05, 0.1) is 6.61 Å². The second kappa shape index (κ2) is 8.22. The first-order valence-corrected chi connectivity index (χ1v) is 4.68. The van der Waals surface area contributed by atoms with Gasteiger partial charge in [0.1, 0.15) is 5.70 Å². The average molecular weight is 225 g/mol. The zero-order valence-electron chi connectivity index (χ0n) is 9.32. The first kappa shape index (κ1) is 13.9. The Morgan fingerprint density at radius 1 is 1.44 bits per heavy atom. The topological polar surface area (TPSA) is 79.8 Å². The van der Waals surface area contributed by atoms with Crippen LogP contribution in [-0.2, 0) is 9.53 Å². The van der Waals surface area contributed by atoms with Crippen molar-refractivity contribution in [2.24, 2.45) is 4.99 Å². The Morgan fingerprint density at radius 2 is 2.12 bits per heavy atom. The van der Waals surface area contributed by atoms with Gasteiger partial charge >= 0.3 is 6.09 Å². The van der Waals surface area contributed by atoms with E-state index in [2.05, 4.69) is 27.3 Å². The number of amides is 2. The van der Waals surface area contributed by atoms with Crippen molar-refractivity contribution in [3.63, 3.8) is 0 Å². The molecule has 0 aliphatic heterocycles. The van der Waals surface area contributed by atoms with E-state index in [-0.39, 0.29) is 12.3 Å². The molecule has 0 saturated heterocycles. The van der Waals surface area contributed by atoms with E-state index in [1.54, 1.807) is 26.0 Å². The highest BCUT2D eigenvalue weighted by Crippen LogP contribution is 1.95. The van der Waals surface area contributed by atoms with E-state index in [1.165, 1.54) is 6.08 Å². The summed E-state index contributed by atoms with van der Waals surface area (Å²) < 4.78 is 4.54. The van der Waals surface area contributed by atoms with Gasteiger partial charge in [-0.05, 0) is 26.6 Å². The van der Waals surface area contributed by atoms with Crippen molar-refractivity contribution >= 4 is 18.7 Å². The minimum absolute atomic E-state index is 0.0925. The van der Waals surface area contributed by atoms with Crippen molar-refractivity contribution in [3.05, 3.63) is 23.9 Å². The molecule has 0 fully saturated rings. The maximum Gasteiger partial charge on any atom is 0.426 e. The van der Waals surface area contributed by atoms with Gasteiger partial charge in [-0.15, -0.1) is 0 Å². The Kier molecular flexibility index (Phi) is 7.14. The molecule has 2 N–H and O–H groups in total. The highest BCUT2D eigenvalue weighted by Gasteiger charge is 2.07. The number of hydrazine groups is 1. The normalized spacial score (nSPS) is 11.0. The zero-order valence-corrected chi connectivity index (χ0v) is 9.32. The number of allylic oxidation sites excluding steroid dienone is 3. The summed E-state index contributed by atoms with van der Waals surface area (Å²) in [5, 5.41) is 0. The number of rotatable bonds is 4. The van der Waals surface area contributed by atoms with Crippen LogP contribution < -0.4 is 10.9 Å². The summed E-state index contributed by atoms with van der Waals surface area (Å²) in [7, 11) is 0. The minimum atomic E-state index is -0.731. The van der Waals surface area contributed by atoms with Crippen LogP contribution in [0, 0.1) is 0 Å². The minimum Gasteiger partial charge on any atom is -0.449 e. The van der Waals surface area contributed by atoms with Gasteiger partial charge in [-0.25, -0.2) is 10.2 Å². The summed E-state index contributed by atoms with van der Waals surface area (Å²) in [6.07, 6.45) is 4.10. The molecule has 0 aliphatic rings. The smallest absolute Gasteiger partial charge is 0.426 e.